The van der Waals surface area contributed by atoms with Crippen LogP contribution in [0.4, 0.5) is 5.69 Å². The van der Waals surface area contributed by atoms with Crippen molar-refractivity contribution in [2.45, 2.75) is 19.8 Å². The first-order valence-electron chi connectivity index (χ1n) is 9.07. The fourth-order valence-electron chi connectivity index (χ4n) is 2.51. The van der Waals surface area contributed by atoms with E-state index in [0.29, 0.717) is 34.4 Å². The van der Waals surface area contributed by atoms with Gasteiger partial charge in [0.15, 0.2) is 11.5 Å². The number of nitrogens with zero attached hydrogens (tertiary/aromatic N) is 1. The first kappa shape index (κ1) is 21.6. The molecule has 150 valence electrons. The molecule has 2 amide bonds. The topological polar surface area (TPSA) is 67.9 Å². The largest absolute Gasteiger partial charge is 0.493 e. The lowest BCUT2D eigenvalue weighted by molar-refractivity contribution is -0.116. The van der Waals surface area contributed by atoms with E-state index in [-0.39, 0.29) is 18.4 Å². The highest BCUT2D eigenvalue weighted by atomic mass is 35.5. The number of anilines is 1. The number of amides is 2. The van der Waals surface area contributed by atoms with E-state index in [1.165, 1.54) is 12.0 Å². The summed E-state index contributed by atoms with van der Waals surface area (Å²) in [6.45, 7) is 2.56. The lowest BCUT2D eigenvalue weighted by atomic mass is 10.1. The molecule has 0 saturated carbocycles. The standard InChI is InChI=1S/C21H25ClN2O4/c1-4-5-12-28-18-11-10-15(13-19(18)27-3)21(26)24(2)14-20(25)23-17-9-7-6-8-16(17)22/h6-11,13H,4-5,12,14H2,1-3H3,(H,23,25). The predicted octanol–water partition coefficient (Wildman–Crippen LogP) is 4.24. The van der Waals surface area contributed by atoms with Crippen molar-refractivity contribution >= 4 is 29.1 Å². The Bertz CT molecular complexity index is 826. The van der Waals surface area contributed by atoms with E-state index in [2.05, 4.69) is 12.2 Å². The number of nitrogens with one attached hydrogen (secondary N) is 1. The summed E-state index contributed by atoms with van der Waals surface area (Å²) in [5.41, 5.74) is 0.915. The van der Waals surface area contributed by atoms with Gasteiger partial charge in [-0.2, -0.15) is 0 Å². The van der Waals surface area contributed by atoms with Crippen molar-refractivity contribution < 1.29 is 19.1 Å². The van der Waals surface area contributed by atoms with Crippen molar-refractivity contribution in [3.63, 3.8) is 0 Å². The maximum Gasteiger partial charge on any atom is 0.254 e. The Kier molecular flexibility index (Phi) is 8.14. The first-order valence-corrected chi connectivity index (χ1v) is 9.44. The van der Waals surface area contributed by atoms with Gasteiger partial charge in [0.05, 0.1) is 31.0 Å². The molecule has 6 nitrogen and oxygen atoms in total. The molecule has 1 N–H and O–H groups in total. The Labute approximate surface area is 170 Å². The van der Waals surface area contributed by atoms with Gasteiger partial charge in [-0.05, 0) is 36.8 Å². The normalized spacial score (nSPS) is 10.3. The number of carbonyl (C=O) groups excluding carboxylic acids is 2. The predicted molar refractivity (Wildman–Crippen MR) is 110 cm³/mol. The van der Waals surface area contributed by atoms with Gasteiger partial charge in [0, 0.05) is 12.6 Å². The van der Waals surface area contributed by atoms with Crippen LogP contribution in [0.3, 0.4) is 0 Å². The molecule has 0 saturated heterocycles. The van der Waals surface area contributed by atoms with E-state index in [1.54, 1.807) is 49.5 Å². The molecule has 0 heterocycles. The van der Waals surface area contributed by atoms with Crippen LogP contribution in [0.25, 0.3) is 0 Å². The minimum absolute atomic E-state index is 0.110. The van der Waals surface area contributed by atoms with E-state index in [0.717, 1.165) is 12.8 Å². The Balaban J connectivity index is 2.01. The smallest absolute Gasteiger partial charge is 0.254 e. The number of methoxy groups -OCH3 is 1. The molecule has 0 bridgehead atoms. The van der Waals surface area contributed by atoms with Crippen LogP contribution in [0.2, 0.25) is 5.02 Å². The summed E-state index contributed by atoms with van der Waals surface area (Å²) in [6.07, 6.45) is 1.97. The van der Waals surface area contributed by atoms with Crippen LogP contribution in [0.15, 0.2) is 42.5 Å². The average molecular weight is 405 g/mol. The number of halogens is 1. The Morgan fingerprint density at radius 2 is 1.89 bits per heavy atom. The Morgan fingerprint density at radius 3 is 2.57 bits per heavy atom. The van der Waals surface area contributed by atoms with Crippen LogP contribution in [-0.4, -0.2) is 44.0 Å². The van der Waals surface area contributed by atoms with Gasteiger partial charge in [-0.15, -0.1) is 0 Å². The minimum atomic E-state index is -0.338. The second-order valence-corrected chi connectivity index (χ2v) is 6.66. The van der Waals surface area contributed by atoms with Crippen molar-refractivity contribution in [1.82, 2.24) is 4.90 Å². The monoisotopic (exact) mass is 404 g/mol. The molecule has 0 spiro atoms. The van der Waals surface area contributed by atoms with Gasteiger partial charge >= 0.3 is 0 Å². The Morgan fingerprint density at radius 1 is 1.14 bits per heavy atom. The van der Waals surface area contributed by atoms with Gasteiger partial charge < -0.3 is 19.7 Å². The molecule has 2 rings (SSSR count). The second-order valence-electron chi connectivity index (χ2n) is 6.26. The average Bonchev–Trinajstić information content (AvgIpc) is 2.69. The summed E-state index contributed by atoms with van der Waals surface area (Å²) in [5.74, 6) is 0.436. The van der Waals surface area contributed by atoms with Crippen molar-refractivity contribution in [2.75, 3.05) is 32.6 Å². The van der Waals surface area contributed by atoms with E-state index in [9.17, 15) is 9.59 Å². The van der Waals surface area contributed by atoms with Crippen molar-refractivity contribution in [2.24, 2.45) is 0 Å². The van der Waals surface area contributed by atoms with Crippen LogP contribution in [0.1, 0.15) is 30.1 Å². The summed E-state index contributed by atoms with van der Waals surface area (Å²) < 4.78 is 11.0. The number of unbranched alkanes of at least 4 members (excludes halogenated alkanes) is 1. The van der Waals surface area contributed by atoms with Gasteiger partial charge in [0.25, 0.3) is 5.91 Å². The quantitative estimate of drug-likeness (QED) is 0.635. The molecule has 7 heteroatoms. The zero-order chi connectivity index (χ0) is 20.5. The zero-order valence-corrected chi connectivity index (χ0v) is 17.1. The van der Waals surface area contributed by atoms with Crippen LogP contribution in [0.5, 0.6) is 11.5 Å². The molecule has 0 radical (unpaired) electrons. The van der Waals surface area contributed by atoms with Crippen molar-refractivity contribution in [3.05, 3.63) is 53.1 Å². The number of carbonyl (C=O) groups is 2. The number of likely N-dealkylation sites (N-methyl/N-ethyl adjacent to an activating group) is 1. The van der Waals surface area contributed by atoms with Crippen LogP contribution >= 0.6 is 11.6 Å². The summed E-state index contributed by atoms with van der Waals surface area (Å²) in [5, 5.41) is 3.14. The number of para-hydroxylation sites is 1. The summed E-state index contributed by atoms with van der Waals surface area (Å²) in [4.78, 5) is 26.2. The van der Waals surface area contributed by atoms with Crippen LogP contribution < -0.4 is 14.8 Å². The third-order valence-electron chi connectivity index (χ3n) is 4.04. The van der Waals surface area contributed by atoms with Crippen molar-refractivity contribution in [1.29, 1.82) is 0 Å². The SMILES string of the molecule is CCCCOc1ccc(C(=O)N(C)CC(=O)Nc2ccccc2Cl)cc1OC. The first-order chi connectivity index (χ1) is 13.5. The highest BCUT2D eigenvalue weighted by Crippen LogP contribution is 2.28. The zero-order valence-electron chi connectivity index (χ0n) is 16.3. The van der Waals surface area contributed by atoms with Crippen LogP contribution in [-0.2, 0) is 4.79 Å². The Hall–Kier alpha value is -2.73. The molecule has 0 aliphatic carbocycles. The summed E-state index contributed by atoms with van der Waals surface area (Å²) in [7, 11) is 3.09. The van der Waals surface area contributed by atoms with E-state index < -0.39 is 0 Å². The number of ether oxygens (including phenoxy) is 2. The molecular formula is C21H25ClN2O4. The van der Waals surface area contributed by atoms with Gasteiger partial charge in [-0.1, -0.05) is 37.1 Å². The molecule has 28 heavy (non-hydrogen) atoms. The number of hydrogen-bond acceptors (Lipinski definition) is 4. The molecule has 0 fully saturated rings. The number of benzene rings is 2. The van der Waals surface area contributed by atoms with E-state index in [1.807, 2.05) is 0 Å². The molecule has 0 aliphatic heterocycles. The summed E-state index contributed by atoms with van der Waals surface area (Å²) >= 11 is 6.04. The molecule has 0 aliphatic rings. The minimum Gasteiger partial charge on any atom is -0.493 e. The lowest BCUT2D eigenvalue weighted by Crippen LogP contribution is -2.35. The van der Waals surface area contributed by atoms with Gasteiger partial charge in [0.1, 0.15) is 0 Å². The highest BCUT2D eigenvalue weighted by Gasteiger charge is 2.18. The molecule has 0 atom stereocenters. The van der Waals surface area contributed by atoms with Crippen molar-refractivity contribution in [3.8, 4) is 11.5 Å². The third kappa shape index (κ3) is 5.89. The molecular weight excluding hydrogens is 380 g/mol. The lowest BCUT2D eigenvalue weighted by Gasteiger charge is -2.18. The number of hydrogen-bond donors (Lipinski definition) is 1. The highest BCUT2D eigenvalue weighted by molar-refractivity contribution is 6.33. The summed E-state index contributed by atoms with van der Waals surface area (Å²) in [6, 6.07) is 11.9. The van der Waals surface area contributed by atoms with Crippen LogP contribution in [0, 0.1) is 0 Å². The van der Waals surface area contributed by atoms with E-state index in [4.69, 9.17) is 21.1 Å². The molecule has 0 aromatic heterocycles. The molecule has 0 unspecified atom stereocenters. The number of rotatable bonds is 9. The second kappa shape index (κ2) is 10.6. The van der Waals surface area contributed by atoms with Gasteiger partial charge in [-0.25, -0.2) is 0 Å². The van der Waals surface area contributed by atoms with Gasteiger partial charge in [-0.3, -0.25) is 9.59 Å². The van der Waals surface area contributed by atoms with Gasteiger partial charge in [0.2, 0.25) is 5.91 Å². The molecule has 2 aromatic carbocycles. The molecule has 2 aromatic rings. The van der Waals surface area contributed by atoms with E-state index >= 15 is 0 Å². The fraction of sp³-hybridized carbons (Fsp3) is 0.333. The third-order valence-corrected chi connectivity index (χ3v) is 4.37. The fourth-order valence-corrected chi connectivity index (χ4v) is 2.69. The maximum atomic E-state index is 12.7. The maximum absolute atomic E-state index is 12.7.